The van der Waals surface area contributed by atoms with Gasteiger partial charge in [-0.3, -0.25) is 11.3 Å². The lowest BCUT2D eigenvalue weighted by atomic mass is 9.69. The van der Waals surface area contributed by atoms with Crippen molar-refractivity contribution < 1.29 is 4.74 Å². The van der Waals surface area contributed by atoms with E-state index >= 15 is 0 Å². The Morgan fingerprint density at radius 1 is 1.06 bits per heavy atom. The summed E-state index contributed by atoms with van der Waals surface area (Å²) >= 11 is 0. The zero-order valence-electron chi connectivity index (χ0n) is 11.8. The van der Waals surface area contributed by atoms with Gasteiger partial charge < -0.3 is 4.74 Å². The van der Waals surface area contributed by atoms with Crippen LogP contribution in [0, 0.1) is 23.7 Å². The van der Waals surface area contributed by atoms with E-state index in [0.717, 1.165) is 17.8 Å². The normalized spacial score (nSPS) is 49.5. The predicted molar refractivity (Wildman–Crippen MR) is 72.8 cm³/mol. The SMILES string of the molecule is CC1CC(C)CC(C(NN)C2CC3CCC2O3)C1. The van der Waals surface area contributed by atoms with Crippen molar-refractivity contribution >= 4 is 0 Å². The molecule has 0 aromatic heterocycles. The van der Waals surface area contributed by atoms with Crippen molar-refractivity contribution in [1.29, 1.82) is 0 Å². The van der Waals surface area contributed by atoms with Gasteiger partial charge in [-0.05, 0) is 56.3 Å². The molecule has 2 heterocycles. The van der Waals surface area contributed by atoms with Crippen LogP contribution in [0.25, 0.3) is 0 Å². The molecule has 3 N–H and O–H groups in total. The molecule has 2 saturated heterocycles. The third-order valence-corrected chi connectivity index (χ3v) is 5.53. The van der Waals surface area contributed by atoms with E-state index < -0.39 is 0 Å². The van der Waals surface area contributed by atoms with E-state index in [-0.39, 0.29) is 0 Å². The monoisotopic (exact) mass is 252 g/mol. The zero-order chi connectivity index (χ0) is 12.7. The molecule has 0 spiro atoms. The largest absolute Gasteiger partial charge is 0.375 e. The maximum atomic E-state index is 6.02. The van der Waals surface area contributed by atoms with Gasteiger partial charge in [-0.2, -0.15) is 0 Å². The molecule has 104 valence electrons. The van der Waals surface area contributed by atoms with Crippen LogP contribution >= 0.6 is 0 Å². The Morgan fingerprint density at radius 3 is 2.28 bits per heavy atom. The van der Waals surface area contributed by atoms with E-state index in [1.54, 1.807) is 0 Å². The Hall–Kier alpha value is -0.120. The summed E-state index contributed by atoms with van der Waals surface area (Å²) in [5.74, 6) is 9.03. The number of hydrazine groups is 1. The number of nitrogens with two attached hydrogens (primary N) is 1. The minimum absolute atomic E-state index is 0.477. The second-order valence-electron chi connectivity index (χ2n) is 7.14. The van der Waals surface area contributed by atoms with E-state index in [0.29, 0.717) is 24.2 Å². The number of rotatable bonds is 3. The molecule has 2 bridgehead atoms. The summed E-state index contributed by atoms with van der Waals surface area (Å²) in [5, 5.41) is 0. The van der Waals surface area contributed by atoms with Gasteiger partial charge in [0.1, 0.15) is 0 Å². The molecule has 3 heteroatoms. The summed E-state index contributed by atoms with van der Waals surface area (Å²) in [5.41, 5.74) is 3.16. The van der Waals surface area contributed by atoms with Crippen molar-refractivity contribution in [3.05, 3.63) is 0 Å². The van der Waals surface area contributed by atoms with E-state index in [1.807, 2.05) is 0 Å². The van der Waals surface area contributed by atoms with Crippen LogP contribution < -0.4 is 11.3 Å². The van der Waals surface area contributed by atoms with Gasteiger partial charge in [0.25, 0.3) is 0 Å². The highest BCUT2D eigenvalue weighted by Crippen LogP contribution is 2.45. The Kier molecular flexibility index (Phi) is 3.65. The summed E-state index contributed by atoms with van der Waals surface area (Å²) in [7, 11) is 0. The van der Waals surface area contributed by atoms with Gasteiger partial charge in [0.15, 0.2) is 0 Å². The molecule has 0 aromatic carbocycles. The van der Waals surface area contributed by atoms with Crippen molar-refractivity contribution in [3.8, 4) is 0 Å². The lowest BCUT2D eigenvalue weighted by Crippen LogP contribution is -2.50. The number of nitrogens with one attached hydrogen (secondary N) is 1. The number of fused-ring (bicyclic) bond motifs is 2. The molecule has 3 fully saturated rings. The maximum absolute atomic E-state index is 6.02. The standard InChI is InChI=1S/C15H28N2O/c1-9-5-10(2)7-11(6-9)15(17-16)13-8-12-3-4-14(13)18-12/h9-15,17H,3-8,16H2,1-2H3. The fourth-order valence-electron chi connectivity index (χ4n) is 4.97. The fraction of sp³-hybridized carbons (Fsp3) is 1.00. The first-order valence-corrected chi connectivity index (χ1v) is 7.79. The van der Waals surface area contributed by atoms with Crippen molar-refractivity contribution in [2.45, 2.75) is 70.6 Å². The van der Waals surface area contributed by atoms with Crippen LogP contribution in [-0.4, -0.2) is 18.2 Å². The Bertz CT molecular complexity index is 286. The van der Waals surface area contributed by atoms with E-state index in [1.165, 1.54) is 38.5 Å². The summed E-state index contributed by atoms with van der Waals surface area (Å²) in [6.07, 6.45) is 8.86. The van der Waals surface area contributed by atoms with E-state index in [2.05, 4.69) is 19.3 Å². The molecule has 1 aliphatic carbocycles. The van der Waals surface area contributed by atoms with E-state index in [9.17, 15) is 0 Å². The number of hydrogen-bond acceptors (Lipinski definition) is 3. The van der Waals surface area contributed by atoms with Gasteiger partial charge in [0.05, 0.1) is 12.2 Å². The minimum Gasteiger partial charge on any atom is -0.375 e. The lowest BCUT2D eigenvalue weighted by Gasteiger charge is -2.40. The summed E-state index contributed by atoms with van der Waals surface area (Å²) < 4.78 is 6.02. The molecule has 3 rings (SSSR count). The van der Waals surface area contributed by atoms with Crippen LogP contribution in [0.5, 0.6) is 0 Å². The van der Waals surface area contributed by atoms with Crippen molar-refractivity contribution in [2.75, 3.05) is 0 Å². The van der Waals surface area contributed by atoms with Gasteiger partial charge in [-0.15, -0.1) is 0 Å². The van der Waals surface area contributed by atoms with E-state index in [4.69, 9.17) is 10.6 Å². The van der Waals surface area contributed by atoms with Gasteiger partial charge in [-0.1, -0.05) is 13.8 Å². The van der Waals surface area contributed by atoms with Crippen LogP contribution in [0.1, 0.15) is 52.4 Å². The highest BCUT2D eigenvalue weighted by molar-refractivity contribution is 4.98. The Balaban J connectivity index is 1.68. The first-order valence-electron chi connectivity index (χ1n) is 7.79. The fourth-order valence-corrected chi connectivity index (χ4v) is 4.97. The molecule has 18 heavy (non-hydrogen) atoms. The topological polar surface area (TPSA) is 47.3 Å². The predicted octanol–water partition coefficient (Wildman–Crippen LogP) is 2.46. The van der Waals surface area contributed by atoms with Gasteiger partial charge in [0.2, 0.25) is 0 Å². The van der Waals surface area contributed by atoms with Crippen molar-refractivity contribution in [3.63, 3.8) is 0 Å². The van der Waals surface area contributed by atoms with Crippen molar-refractivity contribution in [1.82, 2.24) is 5.43 Å². The molecule has 6 unspecified atom stereocenters. The molecule has 3 aliphatic rings. The van der Waals surface area contributed by atoms with Crippen LogP contribution in [0.4, 0.5) is 0 Å². The molecular formula is C15H28N2O. The Labute approximate surface area is 111 Å². The minimum atomic E-state index is 0.477. The average molecular weight is 252 g/mol. The highest BCUT2D eigenvalue weighted by Gasteiger charge is 2.46. The molecule has 6 atom stereocenters. The second-order valence-corrected chi connectivity index (χ2v) is 7.14. The molecule has 0 radical (unpaired) electrons. The van der Waals surface area contributed by atoms with Crippen LogP contribution in [0.2, 0.25) is 0 Å². The summed E-state index contributed by atoms with van der Waals surface area (Å²) in [6.45, 7) is 4.79. The summed E-state index contributed by atoms with van der Waals surface area (Å²) in [6, 6.07) is 0.477. The highest BCUT2D eigenvalue weighted by atomic mass is 16.5. The number of hydrogen-bond donors (Lipinski definition) is 2. The van der Waals surface area contributed by atoms with Crippen LogP contribution in [0.3, 0.4) is 0 Å². The zero-order valence-corrected chi connectivity index (χ0v) is 11.8. The Morgan fingerprint density at radius 2 is 1.78 bits per heavy atom. The molecule has 0 aromatic rings. The average Bonchev–Trinajstić information content (AvgIpc) is 2.90. The molecule has 2 aliphatic heterocycles. The molecule has 0 amide bonds. The lowest BCUT2D eigenvalue weighted by molar-refractivity contribution is 0.0682. The van der Waals surface area contributed by atoms with Crippen LogP contribution in [-0.2, 0) is 4.74 Å². The van der Waals surface area contributed by atoms with Crippen molar-refractivity contribution in [2.24, 2.45) is 29.5 Å². The molecular weight excluding hydrogens is 224 g/mol. The van der Waals surface area contributed by atoms with Crippen LogP contribution in [0.15, 0.2) is 0 Å². The molecule has 3 nitrogen and oxygen atoms in total. The third kappa shape index (κ3) is 2.33. The third-order valence-electron chi connectivity index (χ3n) is 5.53. The van der Waals surface area contributed by atoms with Gasteiger partial charge in [-0.25, -0.2) is 0 Å². The number of ether oxygens (including phenoxy) is 1. The molecule has 1 saturated carbocycles. The smallest absolute Gasteiger partial charge is 0.0624 e. The first-order chi connectivity index (χ1) is 8.67. The second kappa shape index (κ2) is 5.10. The quantitative estimate of drug-likeness (QED) is 0.599. The van der Waals surface area contributed by atoms with Gasteiger partial charge >= 0.3 is 0 Å². The summed E-state index contributed by atoms with van der Waals surface area (Å²) in [4.78, 5) is 0. The first kappa shape index (κ1) is 12.9. The van der Waals surface area contributed by atoms with Gasteiger partial charge in [0, 0.05) is 12.0 Å². The maximum Gasteiger partial charge on any atom is 0.0624 e.